The van der Waals surface area contributed by atoms with Gasteiger partial charge < -0.3 is 10.6 Å². The van der Waals surface area contributed by atoms with Gasteiger partial charge in [-0.3, -0.25) is 0 Å². The highest BCUT2D eigenvalue weighted by Crippen LogP contribution is 2.18. The summed E-state index contributed by atoms with van der Waals surface area (Å²) >= 11 is 0. The van der Waals surface area contributed by atoms with Crippen LogP contribution in [0.3, 0.4) is 0 Å². The molecule has 3 N–H and O–H groups in total. The van der Waals surface area contributed by atoms with Gasteiger partial charge in [0.15, 0.2) is 0 Å². The lowest BCUT2D eigenvalue weighted by atomic mass is 10.1. The molecule has 1 aromatic carbocycles. The van der Waals surface area contributed by atoms with Gasteiger partial charge in [-0.05, 0) is 63.2 Å². The van der Waals surface area contributed by atoms with Crippen molar-refractivity contribution in [1.29, 1.82) is 0 Å². The van der Waals surface area contributed by atoms with Gasteiger partial charge in [0.1, 0.15) is 0 Å². The predicted octanol–water partition coefficient (Wildman–Crippen LogP) is 1.34. The summed E-state index contributed by atoms with van der Waals surface area (Å²) in [5, 5.41) is 0. The van der Waals surface area contributed by atoms with Crippen LogP contribution in [0.25, 0.3) is 0 Å². The second kappa shape index (κ2) is 6.11. The van der Waals surface area contributed by atoms with Gasteiger partial charge in [-0.2, -0.15) is 0 Å². The van der Waals surface area contributed by atoms with Crippen LogP contribution in [0.5, 0.6) is 0 Å². The third kappa shape index (κ3) is 3.71. The van der Waals surface area contributed by atoms with Crippen molar-refractivity contribution in [3.05, 3.63) is 23.8 Å². The zero-order valence-electron chi connectivity index (χ0n) is 12.1. The van der Waals surface area contributed by atoms with Gasteiger partial charge in [-0.25, -0.2) is 13.1 Å². The van der Waals surface area contributed by atoms with Crippen molar-refractivity contribution in [2.24, 2.45) is 0 Å². The van der Waals surface area contributed by atoms with Crippen LogP contribution in [0.15, 0.2) is 23.1 Å². The molecule has 0 saturated carbocycles. The van der Waals surface area contributed by atoms with Crippen molar-refractivity contribution in [3.63, 3.8) is 0 Å². The molecule has 0 radical (unpaired) electrons. The highest BCUT2D eigenvalue weighted by molar-refractivity contribution is 7.89. The fraction of sp³-hybridized carbons (Fsp3) is 0.571. The first kappa shape index (κ1) is 15.3. The van der Waals surface area contributed by atoms with Crippen LogP contribution < -0.4 is 10.5 Å². The third-order valence-corrected chi connectivity index (χ3v) is 5.24. The Labute approximate surface area is 121 Å². The van der Waals surface area contributed by atoms with Crippen LogP contribution in [0, 0.1) is 6.92 Å². The van der Waals surface area contributed by atoms with Crippen molar-refractivity contribution in [3.8, 4) is 0 Å². The molecule has 5 nitrogen and oxygen atoms in total. The number of nitrogens with one attached hydrogen (secondary N) is 1. The largest absolute Gasteiger partial charge is 0.399 e. The second-order valence-electron chi connectivity index (χ2n) is 5.41. The first-order valence-electron chi connectivity index (χ1n) is 7.02. The van der Waals surface area contributed by atoms with Crippen LogP contribution in [0.1, 0.15) is 25.3 Å². The Morgan fingerprint density at radius 2 is 1.95 bits per heavy atom. The van der Waals surface area contributed by atoms with E-state index in [1.165, 1.54) is 6.07 Å². The van der Waals surface area contributed by atoms with E-state index in [1.807, 2.05) is 6.92 Å². The van der Waals surface area contributed by atoms with E-state index in [4.69, 9.17) is 5.73 Å². The summed E-state index contributed by atoms with van der Waals surface area (Å²) in [6, 6.07) is 4.94. The van der Waals surface area contributed by atoms with E-state index in [0.29, 0.717) is 5.69 Å². The topological polar surface area (TPSA) is 75.4 Å². The zero-order valence-corrected chi connectivity index (χ0v) is 12.9. The van der Waals surface area contributed by atoms with E-state index in [1.54, 1.807) is 12.1 Å². The van der Waals surface area contributed by atoms with Crippen LogP contribution >= 0.6 is 0 Å². The Kier molecular flexibility index (Phi) is 4.67. The number of sulfonamides is 1. The number of likely N-dealkylation sites (tertiary alicyclic amines) is 1. The molecule has 1 aliphatic heterocycles. The van der Waals surface area contributed by atoms with E-state index < -0.39 is 10.0 Å². The second-order valence-corrected chi connectivity index (χ2v) is 7.12. The molecule has 112 valence electrons. The maximum atomic E-state index is 12.4. The predicted molar refractivity (Wildman–Crippen MR) is 81.0 cm³/mol. The minimum atomic E-state index is -3.48. The molecule has 0 spiro atoms. The summed E-state index contributed by atoms with van der Waals surface area (Å²) in [5.74, 6) is 0. The summed E-state index contributed by atoms with van der Waals surface area (Å²) in [4.78, 5) is 2.59. The van der Waals surface area contributed by atoms with Gasteiger partial charge in [0, 0.05) is 11.7 Å². The average Bonchev–Trinajstić information content (AvgIpc) is 2.38. The first-order valence-corrected chi connectivity index (χ1v) is 8.51. The highest BCUT2D eigenvalue weighted by Gasteiger charge is 2.24. The molecule has 1 heterocycles. The molecule has 1 aromatic rings. The molecule has 0 aliphatic carbocycles. The first-order chi connectivity index (χ1) is 9.40. The molecule has 1 saturated heterocycles. The highest BCUT2D eigenvalue weighted by atomic mass is 32.2. The molecule has 1 aliphatic rings. The normalized spacial score (nSPS) is 18.3. The molecule has 2 rings (SSSR count). The van der Waals surface area contributed by atoms with Gasteiger partial charge in [0.05, 0.1) is 4.90 Å². The number of nitrogen functional groups attached to an aromatic ring is 1. The number of anilines is 1. The van der Waals surface area contributed by atoms with Gasteiger partial charge in [-0.15, -0.1) is 0 Å². The Hall–Kier alpha value is -1.11. The Morgan fingerprint density at radius 3 is 2.50 bits per heavy atom. The minimum absolute atomic E-state index is 0.0181. The molecule has 0 bridgehead atoms. The molecular weight excluding hydrogens is 274 g/mol. The molecular formula is C14H23N3O2S. The smallest absolute Gasteiger partial charge is 0.240 e. The lowest BCUT2D eigenvalue weighted by Crippen LogP contribution is -2.44. The van der Waals surface area contributed by atoms with Crippen molar-refractivity contribution in [2.75, 3.05) is 25.4 Å². The van der Waals surface area contributed by atoms with Gasteiger partial charge in [-0.1, -0.05) is 6.92 Å². The number of piperidine rings is 1. The number of rotatable bonds is 4. The lowest BCUT2D eigenvalue weighted by molar-refractivity contribution is 0.217. The number of hydrogen-bond acceptors (Lipinski definition) is 4. The van der Waals surface area contributed by atoms with Crippen LogP contribution in [0.4, 0.5) is 5.69 Å². The van der Waals surface area contributed by atoms with Crippen LogP contribution in [-0.2, 0) is 10.0 Å². The molecule has 0 aromatic heterocycles. The Balaban J connectivity index is 2.08. The van der Waals surface area contributed by atoms with Crippen molar-refractivity contribution in [1.82, 2.24) is 9.62 Å². The summed E-state index contributed by atoms with van der Waals surface area (Å²) in [7, 11) is -3.48. The van der Waals surface area contributed by atoms with E-state index in [-0.39, 0.29) is 10.9 Å². The summed E-state index contributed by atoms with van der Waals surface area (Å²) < 4.78 is 27.6. The van der Waals surface area contributed by atoms with Crippen LogP contribution in [0.2, 0.25) is 0 Å². The number of nitrogens with two attached hydrogens (primary N) is 1. The molecule has 0 unspecified atom stereocenters. The monoisotopic (exact) mass is 297 g/mol. The third-order valence-electron chi connectivity index (χ3n) is 3.74. The number of nitrogens with zero attached hydrogens (tertiary/aromatic N) is 1. The van der Waals surface area contributed by atoms with E-state index in [2.05, 4.69) is 16.5 Å². The zero-order chi connectivity index (χ0) is 14.8. The molecule has 0 amide bonds. The fourth-order valence-corrected chi connectivity index (χ4v) is 4.03. The molecule has 20 heavy (non-hydrogen) atoms. The van der Waals surface area contributed by atoms with E-state index in [9.17, 15) is 8.42 Å². The van der Waals surface area contributed by atoms with E-state index >= 15 is 0 Å². The van der Waals surface area contributed by atoms with Gasteiger partial charge >= 0.3 is 0 Å². The Bertz CT molecular complexity index is 544. The molecule has 0 atom stereocenters. The van der Waals surface area contributed by atoms with Crippen LogP contribution in [-0.4, -0.2) is 39.0 Å². The summed E-state index contributed by atoms with van der Waals surface area (Å²) in [6.07, 6.45) is 1.71. The maximum absolute atomic E-state index is 12.4. The number of aryl methyl sites for hydroxylation is 1. The molecule has 6 heteroatoms. The number of hydrogen-bond donors (Lipinski definition) is 2. The Morgan fingerprint density at radius 1 is 1.30 bits per heavy atom. The van der Waals surface area contributed by atoms with Crippen molar-refractivity contribution < 1.29 is 8.42 Å². The van der Waals surface area contributed by atoms with Gasteiger partial charge in [0.25, 0.3) is 0 Å². The summed E-state index contributed by atoms with van der Waals surface area (Å²) in [6.45, 7) is 6.88. The van der Waals surface area contributed by atoms with Crippen molar-refractivity contribution >= 4 is 15.7 Å². The minimum Gasteiger partial charge on any atom is -0.399 e. The van der Waals surface area contributed by atoms with E-state index in [0.717, 1.165) is 38.0 Å². The standard InChI is InChI=1S/C14H23N3O2S/c1-3-17-6-4-13(5-7-17)16-20(18,19)14-9-11(2)8-12(15)10-14/h8-10,13,16H,3-7,15H2,1-2H3. The lowest BCUT2D eigenvalue weighted by Gasteiger charge is -2.31. The average molecular weight is 297 g/mol. The number of benzene rings is 1. The van der Waals surface area contributed by atoms with Gasteiger partial charge in [0.2, 0.25) is 10.0 Å². The summed E-state index contributed by atoms with van der Waals surface area (Å²) in [5.41, 5.74) is 7.06. The maximum Gasteiger partial charge on any atom is 0.240 e. The SMILES string of the molecule is CCN1CCC(NS(=O)(=O)c2cc(C)cc(N)c2)CC1. The molecule has 1 fully saturated rings. The fourth-order valence-electron chi connectivity index (χ4n) is 2.59. The van der Waals surface area contributed by atoms with Crippen molar-refractivity contribution in [2.45, 2.75) is 37.6 Å². The quantitative estimate of drug-likeness (QED) is 0.822.